The van der Waals surface area contributed by atoms with Crippen molar-refractivity contribution in [3.05, 3.63) is 62.6 Å². The van der Waals surface area contributed by atoms with Gasteiger partial charge in [-0.2, -0.15) is 15.0 Å². The van der Waals surface area contributed by atoms with Crippen molar-refractivity contribution < 1.29 is 9.47 Å². The minimum Gasteiger partial charge on any atom is -0.493 e. The van der Waals surface area contributed by atoms with Gasteiger partial charge in [0.2, 0.25) is 0 Å². The highest BCUT2D eigenvalue weighted by Gasteiger charge is 2.15. The van der Waals surface area contributed by atoms with Gasteiger partial charge in [0.1, 0.15) is 11.9 Å². The molecule has 154 valence electrons. The van der Waals surface area contributed by atoms with Crippen LogP contribution in [0, 0.1) is 11.3 Å². The zero-order valence-corrected chi connectivity index (χ0v) is 18.5. The molecule has 1 heterocycles. The van der Waals surface area contributed by atoms with Crippen LogP contribution < -0.4 is 15.0 Å². The molecule has 0 aliphatic heterocycles. The molecule has 7 nitrogen and oxygen atoms in total. The third-order valence-corrected chi connectivity index (χ3v) is 5.18. The topological polar surface area (TPSA) is 89.5 Å². The third kappa shape index (κ3) is 4.52. The lowest BCUT2D eigenvalue weighted by Crippen LogP contribution is -2.23. The fourth-order valence-corrected chi connectivity index (χ4v) is 3.26. The molecule has 0 saturated carbocycles. The molecule has 1 atom stereocenters. The highest BCUT2D eigenvalue weighted by Crippen LogP contribution is 2.27. The van der Waals surface area contributed by atoms with Gasteiger partial charge in [-0.05, 0) is 48.4 Å². The van der Waals surface area contributed by atoms with Gasteiger partial charge in [0.05, 0.1) is 24.2 Å². The molecule has 0 radical (unpaired) electrons. The van der Waals surface area contributed by atoms with Gasteiger partial charge in [0.15, 0.2) is 18.1 Å². The van der Waals surface area contributed by atoms with Crippen LogP contribution in [0.15, 0.2) is 50.8 Å². The molecule has 0 aliphatic carbocycles. The molecule has 30 heavy (non-hydrogen) atoms. The van der Waals surface area contributed by atoms with Gasteiger partial charge in [-0.1, -0.05) is 29.8 Å². The predicted octanol–water partition coefficient (Wildman–Crippen LogP) is 4.47. The predicted molar refractivity (Wildman–Crippen MR) is 120 cm³/mol. The smallest absolute Gasteiger partial charge is 0.282 e. The lowest BCUT2D eigenvalue weighted by atomic mass is 10.1. The Kier molecular flexibility index (Phi) is 6.85. The number of halogens is 1. The van der Waals surface area contributed by atoms with E-state index in [0.717, 1.165) is 10.9 Å². The number of nitrogens with zero attached hydrogens (tertiary/aromatic N) is 4. The summed E-state index contributed by atoms with van der Waals surface area (Å²) in [6.07, 6.45) is 2.40. The Morgan fingerprint density at radius 3 is 2.80 bits per heavy atom. The highest BCUT2D eigenvalue weighted by molar-refractivity contribution is 9.10. The highest BCUT2D eigenvalue weighted by atomic mass is 79.9. The number of hydrogen-bond acceptors (Lipinski definition) is 6. The number of hydrogen-bond donors (Lipinski definition) is 0. The molecule has 0 unspecified atom stereocenters. The maximum atomic E-state index is 13.2. The molecule has 0 amide bonds. The van der Waals surface area contributed by atoms with Crippen LogP contribution in [0.5, 0.6) is 11.5 Å². The number of methoxy groups -OCH3 is 1. The number of aromatic nitrogens is 2. The van der Waals surface area contributed by atoms with E-state index in [4.69, 9.17) is 19.7 Å². The van der Waals surface area contributed by atoms with Crippen LogP contribution >= 0.6 is 15.9 Å². The van der Waals surface area contributed by atoms with Crippen molar-refractivity contribution in [1.82, 2.24) is 9.66 Å². The summed E-state index contributed by atoms with van der Waals surface area (Å²) in [4.78, 5) is 17.8. The number of fused-ring (bicyclic) bond motifs is 1. The summed E-state index contributed by atoms with van der Waals surface area (Å²) in [5.41, 5.74) is 1.13. The van der Waals surface area contributed by atoms with E-state index in [-0.39, 0.29) is 18.1 Å². The van der Waals surface area contributed by atoms with Crippen molar-refractivity contribution in [3.8, 4) is 17.6 Å². The van der Waals surface area contributed by atoms with Crippen LogP contribution in [-0.4, -0.2) is 29.6 Å². The van der Waals surface area contributed by atoms with E-state index in [1.807, 2.05) is 32.0 Å². The molecule has 3 aromatic rings. The van der Waals surface area contributed by atoms with E-state index in [0.29, 0.717) is 33.8 Å². The number of ether oxygens (including phenoxy) is 2. The molecular formula is C22H21BrN4O3. The Hall–Kier alpha value is -3.18. The van der Waals surface area contributed by atoms with Crippen LogP contribution in [0.25, 0.3) is 10.9 Å². The van der Waals surface area contributed by atoms with E-state index < -0.39 is 0 Å². The molecule has 0 N–H and O–H groups in total. The largest absolute Gasteiger partial charge is 0.493 e. The second-order valence-corrected chi connectivity index (χ2v) is 7.58. The molecule has 0 saturated heterocycles. The van der Waals surface area contributed by atoms with E-state index >= 15 is 0 Å². The first-order valence-electron chi connectivity index (χ1n) is 9.42. The Balaban J connectivity index is 2.08. The quantitative estimate of drug-likeness (QED) is 0.477. The van der Waals surface area contributed by atoms with Gasteiger partial charge in [0.25, 0.3) is 5.56 Å². The summed E-state index contributed by atoms with van der Waals surface area (Å²) >= 11 is 3.41. The normalized spacial score (nSPS) is 12.1. The van der Waals surface area contributed by atoms with Crippen molar-refractivity contribution in [2.24, 2.45) is 5.10 Å². The van der Waals surface area contributed by atoms with Crippen LogP contribution in [0.2, 0.25) is 0 Å². The average Bonchev–Trinajstić information content (AvgIpc) is 2.76. The van der Waals surface area contributed by atoms with Crippen molar-refractivity contribution in [3.63, 3.8) is 0 Å². The standard InChI is InChI=1S/C22H21BrN4O3/c1-4-14(2)21-26-18-7-6-16(23)12-17(18)22(28)27(21)25-13-15-5-8-19(30-10-9-24)20(11-15)29-3/h5-8,11-14H,4,10H2,1-3H3/t14-/m0/s1. The van der Waals surface area contributed by atoms with Crippen LogP contribution in [0.3, 0.4) is 0 Å². The molecule has 1 aromatic heterocycles. The van der Waals surface area contributed by atoms with E-state index in [2.05, 4.69) is 21.0 Å². The summed E-state index contributed by atoms with van der Waals surface area (Å²) in [6.45, 7) is 3.99. The Morgan fingerprint density at radius 1 is 1.30 bits per heavy atom. The Morgan fingerprint density at radius 2 is 2.10 bits per heavy atom. The van der Waals surface area contributed by atoms with Crippen molar-refractivity contribution in [2.45, 2.75) is 26.2 Å². The fraction of sp³-hybridized carbons (Fsp3) is 0.273. The van der Waals surface area contributed by atoms with Crippen molar-refractivity contribution in [1.29, 1.82) is 5.26 Å². The SMILES string of the molecule is CC[C@H](C)c1nc2ccc(Br)cc2c(=O)n1N=Cc1ccc(OCC#N)c(OC)c1. The first-order chi connectivity index (χ1) is 14.5. The minimum atomic E-state index is -0.228. The van der Waals surface area contributed by atoms with Crippen LogP contribution in [0.1, 0.15) is 37.6 Å². The number of nitriles is 1. The average molecular weight is 469 g/mol. The first kappa shape index (κ1) is 21.5. The summed E-state index contributed by atoms with van der Waals surface area (Å²) in [6, 6.07) is 12.6. The molecule has 0 spiro atoms. The van der Waals surface area contributed by atoms with Gasteiger partial charge in [-0.3, -0.25) is 4.79 Å². The maximum Gasteiger partial charge on any atom is 0.282 e. The second-order valence-electron chi connectivity index (χ2n) is 6.66. The molecule has 8 heteroatoms. The summed E-state index contributed by atoms with van der Waals surface area (Å²) in [5, 5.41) is 13.6. The van der Waals surface area contributed by atoms with Gasteiger partial charge < -0.3 is 9.47 Å². The number of benzene rings is 2. The molecule has 0 fully saturated rings. The molecule has 0 aliphatic rings. The van der Waals surface area contributed by atoms with Gasteiger partial charge >= 0.3 is 0 Å². The summed E-state index contributed by atoms with van der Waals surface area (Å²) in [7, 11) is 1.52. The van der Waals surface area contributed by atoms with Crippen LogP contribution in [-0.2, 0) is 0 Å². The second kappa shape index (κ2) is 9.55. The lowest BCUT2D eigenvalue weighted by Gasteiger charge is -2.14. The summed E-state index contributed by atoms with van der Waals surface area (Å²) in [5.74, 6) is 1.60. The maximum absolute atomic E-state index is 13.2. The zero-order valence-electron chi connectivity index (χ0n) is 16.9. The third-order valence-electron chi connectivity index (χ3n) is 4.69. The zero-order chi connectivity index (χ0) is 21.7. The lowest BCUT2D eigenvalue weighted by molar-refractivity contribution is 0.329. The molecule has 0 bridgehead atoms. The van der Waals surface area contributed by atoms with E-state index in [1.54, 1.807) is 30.5 Å². The fourth-order valence-electron chi connectivity index (χ4n) is 2.90. The van der Waals surface area contributed by atoms with Gasteiger partial charge in [-0.15, -0.1) is 0 Å². The first-order valence-corrected chi connectivity index (χ1v) is 10.2. The molecule has 2 aromatic carbocycles. The van der Waals surface area contributed by atoms with E-state index in [1.165, 1.54) is 11.8 Å². The van der Waals surface area contributed by atoms with E-state index in [9.17, 15) is 4.79 Å². The summed E-state index contributed by atoms with van der Waals surface area (Å²) < 4.78 is 12.8. The minimum absolute atomic E-state index is 0.0548. The van der Waals surface area contributed by atoms with Crippen molar-refractivity contribution in [2.75, 3.05) is 13.7 Å². The van der Waals surface area contributed by atoms with Crippen LogP contribution in [0.4, 0.5) is 0 Å². The molecular weight excluding hydrogens is 448 g/mol. The molecule has 3 rings (SSSR count). The Bertz CT molecular complexity index is 1200. The van der Waals surface area contributed by atoms with Gasteiger partial charge in [0, 0.05) is 10.4 Å². The monoisotopic (exact) mass is 468 g/mol. The number of rotatable bonds is 7. The van der Waals surface area contributed by atoms with Gasteiger partial charge in [-0.25, -0.2) is 4.98 Å². The Labute approximate surface area is 182 Å². The van der Waals surface area contributed by atoms with Crippen molar-refractivity contribution >= 4 is 33.0 Å².